The summed E-state index contributed by atoms with van der Waals surface area (Å²) in [5.41, 5.74) is 11.5. The SMILES string of the molecule is c1ccc(-c2ccc(-c3nc(-c4ccccc4)nc(-c4cccc5c4sc4ccc(-c6cc(-c7ccccc7)cc7c6oc6ccccc67)cc45)n3)cc2)cc1. The van der Waals surface area contributed by atoms with Gasteiger partial charge in [0.25, 0.3) is 0 Å². The van der Waals surface area contributed by atoms with E-state index in [4.69, 9.17) is 19.4 Å². The standard InChI is InChI=1S/C51H31N3OS/c1-4-13-32(14-5-1)34-23-25-36(26-24-34)50-52-49(35-17-8-3-9-18-35)53-51(54-50)41-21-12-20-40-43-29-37(27-28-46(43)56-48(40)41)42-30-38(33-15-6-2-7-16-33)31-44-39-19-10-11-22-45(39)55-47(42)44/h1-31H. The first-order valence-corrected chi connectivity index (χ1v) is 19.5. The first kappa shape index (κ1) is 32.2. The molecule has 0 bridgehead atoms. The van der Waals surface area contributed by atoms with Gasteiger partial charge in [0.05, 0.1) is 0 Å². The topological polar surface area (TPSA) is 51.8 Å². The van der Waals surface area contributed by atoms with Crippen molar-refractivity contribution in [1.29, 1.82) is 0 Å². The van der Waals surface area contributed by atoms with Gasteiger partial charge >= 0.3 is 0 Å². The highest BCUT2D eigenvalue weighted by Crippen LogP contribution is 2.44. The molecule has 0 fully saturated rings. The second kappa shape index (κ2) is 13.3. The van der Waals surface area contributed by atoms with Gasteiger partial charge in [-0.1, -0.05) is 152 Å². The maximum absolute atomic E-state index is 6.59. The van der Waals surface area contributed by atoms with Crippen molar-refractivity contribution >= 4 is 53.4 Å². The summed E-state index contributed by atoms with van der Waals surface area (Å²) in [6, 6.07) is 65.7. The molecular weight excluding hydrogens is 703 g/mol. The van der Waals surface area contributed by atoms with E-state index < -0.39 is 0 Å². The summed E-state index contributed by atoms with van der Waals surface area (Å²) in [7, 11) is 0. The van der Waals surface area contributed by atoms with Crippen molar-refractivity contribution in [2.45, 2.75) is 0 Å². The zero-order valence-electron chi connectivity index (χ0n) is 30.1. The van der Waals surface area contributed by atoms with Crippen LogP contribution in [0.5, 0.6) is 0 Å². The van der Waals surface area contributed by atoms with Crippen LogP contribution >= 0.6 is 11.3 Å². The Labute approximate surface area is 327 Å². The van der Waals surface area contributed by atoms with Crippen LogP contribution in [0.1, 0.15) is 0 Å². The van der Waals surface area contributed by atoms with Gasteiger partial charge in [0.1, 0.15) is 11.2 Å². The van der Waals surface area contributed by atoms with Crippen LogP contribution in [0.2, 0.25) is 0 Å². The fraction of sp³-hybridized carbons (Fsp3) is 0. The predicted octanol–water partition coefficient (Wildman–Crippen LogP) is 14.1. The van der Waals surface area contributed by atoms with Crippen LogP contribution in [-0.2, 0) is 0 Å². The zero-order valence-corrected chi connectivity index (χ0v) is 30.9. The van der Waals surface area contributed by atoms with Gasteiger partial charge in [-0.25, -0.2) is 15.0 Å². The molecule has 0 aliphatic carbocycles. The second-order valence-electron chi connectivity index (χ2n) is 14.0. The monoisotopic (exact) mass is 733 g/mol. The lowest BCUT2D eigenvalue weighted by Crippen LogP contribution is -2.00. The van der Waals surface area contributed by atoms with E-state index in [1.54, 1.807) is 11.3 Å². The Morgan fingerprint density at radius 1 is 0.339 bits per heavy atom. The Balaban J connectivity index is 1.07. The lowest BCUT2D eigenvalue weighted by atomic mass is 9.95. The summed E-state index contributed by atoms with van der Waals surface area (Å²) in [4.78, 5) is 15.3. The molecule has 0 saturated carbocycles. The lowest BCUT2D eigenvalue weighted by Gasteiger charge is -2.10. The van der Waals surface area contributed by atoms with Crippen LogP contribution in [0.25, 0.3) is 110 Å². The van der Waals surface area contributed by atoms with E-state index in [-0.39, 0.29) is 0 Å². The van der Waals surface area contributed by atoms with Crippen molar-refractivity contribution in [1.82, 2.24) is 15.0 Å². The quantitative estimate of drug-likeness (QED) is 0.171. The van der Waals surface area contributed by atoms with Crippen LogP contribution in [0, 0.1) is 0 Å². The maximum Gasteiger partial charge on any atom is 0.165 e. The number of thiophene rings is 1. The zero-order chi connectivity index (χ0) is 37.0. The van der Waals surface area contributed by atoms with Crippen molar-refractivity contribution in [3.8, 4) is 67.5 Å². The fourth-order valence-electron chi connectivity index (χ4n) is 7.76. The average Bonchev–Trinajstić information content (AvgIpc) is 3.85. The molecule has 0 aliphatic heterocycles. The molecule has 3 heterocycles. The van der Waals surface area contributed by atoms with Gasteiger partial charge in [-0.2, -0.15) is 0 Å². The number of hydrogen-bond donors (Lipinski definition) is 0. The van der Waals surface area contributed by atoms with Crippen LogP contribution in [-0.4, -0.2) is 15.0 Å². The first-order chi connectivity index (χ1) is 27.7. The van der Waals surface area contributed by atoms with Gasteiger partial charge in [0.15, 0.2) is 17.5 Å². The summed E-state index contributed by atoms with van der Waals surface area (Å²) >= 11 is 1.77. The van der Waals surface area contributed by atoms with Crippen molar-refractivity contribution in [2.75, 3.05) is 0 Å². The fourth-order valence-corrected chi connectivity index (χ4v) is 8.96. The Kier molecular flexibility index (Phi) is 7.64. The smallest absolute Gasteiger partial charge is 0.165 e. The normalized spacial score (nSPS) is 11.6. The largest absolute Gasteiger partial charge is 0.455 e. The van der Waals surface area contributed by atoms with Gasteiger partial charge in [0, 0.05) is 53.2 Å². The average molecular weight is 734 g/mol. The minimum absolute atomic E-state index is 0.641. The van der Waals surface area contributed by atoms with Crippen LogP contribution < -0.4 is 0 Å². The lowest BCUT2D eigenvalue weighted by molar-refractivity contribution is 0.670. The Bertz CT molecular complexity index is 3230. The molecule has 0 N–H and O–H groups in total. The molecule has 11 rings (SSSR count). The van der Waals surface area contributed by atoms with Gasteiger partial charge in [-0.15, -0.1) is 11.3 Å². The molecule has 11 aromatic rings. The van der Waals surface area contributed by atoms with Crippen molar-refractivity contribution in [3.05, 3.63) is 188 Å². The van der Waals surface area contributed by atoms with Gasteiger partial charge in [0.2, 0.25) is 0 Å². The van der Waals surface area contributed by atoms with E-state index in [0.29, 0.717) is 17.5 Å². The third-order valence-electron chi connectivity index (χ3n) is 10.6. The highest BCUT2D eigenvalue weighted by atomic mass is 32.1. The van der Waals surface area contributed by atoms with E-state index in [1.807, 2.05) is 36.4 Å². The third-order valence-corrected chi connectivity index (χ3v) is 11.8. The number of furan rings is 1. The summed E-state index contributed by atoms with van der Waals surface area (Å²) in [5.74, 6) is 1.94. The first-order valence-electron chi connectivity index (χ1n) is 18.7. The molecule has 56 heavy (non-hydrogen) atoms. The number of benzene rings is 8. The third kappa shape index (κ3) is 5.56. The Morgan fingerprint density at radius 2 is 0.875 bits per heavy atom. The number of rotatable bonds is 6. The molecule has 0 aliphatic rings. The highest BCUT2D eigenvalue weighted by molar-refractivity contribution is 7.26. The van der Waals surface area contributed by atoms with Gasteiger partial charge in [-0.3, -0.25) is 0 Å². The van der Waals surface area contributed by atoms with E-state index in [0.717, 1.165) is 65.6 Å². The Morgan fingerprint density at radius 3 is 1.61 bits per heavy atom. The van der Waals surface area contributed by atoms with Gasteiger partial charge < -0.3 is 4.42 Å². The van der Waals surface area contributed by atoms with Crippen LogP contribution in [0.4, 0.5) is 0 Å². The molecule has 0 saturated heterocycles. The molecule has 4 nitrogen and oxygen atoms in total. The summed E-state index contributed by atoms with van der Waals surface area (Å²) in [6.45, 7) is 0. The molecule has 8 aromatic carbocycles. The molecule has 5 heteroatoms. The maximum atomic E-state index is 6.59. The molecule has 3 aromatic heterocycles. The molecule has 0 atom stereocenters. The number of aromatic nitrogens is 3. The van der Waals surface area contributed by atoms with E-state index in [1.165, 1.54) is 26.6 Å². The number of hydrogen-bond acceptors (Lipinski definition) is 5. The van der Waals surface area contributed by atoms with E-state index >= 15 is 0 Å². The molecular formula is C51H31N3OS. The minimum atomic E-state index is 0.641. The summed E-state index contributed by atoms with van der Waals surface area (Å²) in [5, 5.41) is 4.59. The number of fused-ring (bicyclic) bond motifs is 6. The molecule has 0 radical (unpaired) electrons. The van der Waals surface area contributed by atoms with Crippen LogP contribution in [0.3, 0.4) is 0 Å². The van der Waals surface area contributed by atoms with E-state index in [2.05, 4.69) is 152 Å². The minimum Gasteiger partial charge on any atom is -0.455 e. The Hall–Kier alpha value is -7.21. The number of para-hydroxylation sites is 1. The summed E-state index contributed by atoms with van der Waals surface area (Å²) < 4.78 is 8.93. The summed E-state index contributed by atoms with van der Waals surface area (Å²) in [6.07, 6.45) is 0. The number of nitrogens with zero attached hydrogens (tertiary/aromatic N) is 3. The van der Waals surface area contributed by atoms with E-state index in [9.17, 15) is 0 Å². The molecule has 0 amide bonds. The van der Waals surface area contributed by atoms with Crippen molar-refractivity contribution in [2.24, 2.45) is 0 Å². The van der Waals surface area contributed by atoms with Gasteiger partial charge in [-0.05, 0) is 64.2 Å². The molecule has 262 valence electrons. The second-order valence-corrected chi connectivity index (χ2v) is 15.0. The molecule has 0 unspecified atom stereocenters. The van der Waals surface area contributed by atoms with Crippen molar-refractivity contribution in [3.63, 3.8) is 0 Å². The highest BCUT2D eigenvalue weighted by Gasteiger charge is 2.19. The predicted molar refractivity (Wildman–Crippen MR) is 233 cm³/mol. The van der Waals surface area contributed by atoms with Crippen molar-refractivity contribution < 1.29 is 4.42 Å². The van der Waals surface area contributed by atoms with Crippen LogP contribution in [0.15, 0.2) is 192 Å². The molecule has 0 spiro atoms.